The van der Waals surface area contributed by atoms with Crippen LogP contribution in [0.4, 0.5) is 0 Å². The number of esters is 1. The molecule has 0 aliphatic carbocycles. The molecule has 0 aromatic rings. The van der Waals surface area contributed by atoms with Crippen molar-refractivity contribution >= 4 is 18.6 Å². The molecule has 0 bridgehead atoms. The minimum absolute atomic E-state index is 0.00815. The van der Waals surface area contributed by atoms with Crippen LogP contribution in [0.15, 0.2) is 11.5 Å². The van der Waals surface area contributed by atoms with E-state index in [0.717, 1.165) is 19.3 Å². The number of rotatable bonds is 6. The van der Waals surface area contributed by atoms with Crippen LogP contribution in [0.5, 0.6) is 0 Å². The van der Waals surface area contributed by atoms with Gasteiger partial charge in [-0.05, 0) is 25.2 Å². The Hall–Kier alpha value is -0.440. The molecule has 0 aliphatic rings. The van der Waals surface area contributed by atoms with E-state index in [-0.39, 0.29) is 11.0 Å². The maximum Gasteiger partial charge on any atom is 0.343 e. The van der Waals surface area contributed by atoms with Crippen molar-refractivity contribution in [1.29, 1.82) is 0 Å². The van der Waals surface area contributed by atoms with Crippen LogP contribution in [0.3, 0.4) is 0 Å². The quantitative estimate of drug-likeness (QED) is 0.419. The molecule has 14 heavy (non-hydrogen) atoms. The predicted octanol–water partition coefficient (Wildman–Crippen LogP) is 3.19. The standard InChI is InChI=1S/C11H20O2S/c1-5-10(7-6-8(2)3)13-11(12)9(4)14/h8,10,14H,4-7H2,1-3H3. The second-order valence-corrected chi connectivity index (χ2v) is 4.39. The van der Waals surface area contributed by atoms with Crippen molar-refractivity contribution in [2.75, 3.05) is 0 Å². The fraction of sp³-hybridized carbons (Fsp3) is 0.727. The van der Waals surface area contributed by atoms with Gasteiger partial charge in [0, 0.05) is 0 Å². The Labute approximate surface area is 92.1 Å². The molecule has 0 radical (unpaired) electrons. The molecular formula is C11H20O2S. The van der Waals surface area contributed by atoms with Crippen molar-refractivity contribution in [2.24, 2.45) is 5.92 Å². The molecule has 0 rings (SSSR count). The second-order valence-electron chi connectivity index (χ2n) is 3.85. The van der Waals surface area contributed by atoms with Crippen LogP contribution in [0.25, 0.3) is 0 Å². The molecule has 0 aromatic heterocycles. The minimum atomic E-state index is -0.399. The largest absolute Gasteiger partial charge is 0.458 e. The molecule has 1 unspecified atom stereocenters. The van der Waals surface area contributed by atoms with E-state index < -0.39 is 5.97 Å². The summed E-state index contributed by atoms with van der Waals surface area (Å²) in [5.74, 6) is 0.242. The van der Waals surface area contributed by atoms with Crippen molar-refractivity contribution in [3.8, 4) is 0 Å². The third-order valence-corrected chi connectivity index (χ3v) is 2.21. The lowest BCUT2D eigenvalue weighted by atomic mass is 10.0. The first kappa shape index (κ1) is 13.6. The Balaban J connectivity index is 3.90. The molecule has 0 saturated carbocycles. The lowest BCUT2D eigenvalue weighted by Crippen LogP contribution is -2.17. The van der Waals surface area contributed by atoms with Crippen molar-refractivity contribution in [2.45, 2.75) is 46.1 Å². The first-order valence-corrected chi connectivity index (χ1v) is 5.50. The second kappa shape index (κ2) is 6.93. The number of hydrogen-bond acceptors (Lipinski definition) is 3. The summed E-state index contributed by atoms with van der Waals surface area (Å²) >= 11 is 3.85. The third-order valence-electron chi connectivity index (χ3n) is 2.03. The number of carbonyl (C=O) groups is 1. The summed E-state index contributed by atoms with van der Waals surface area (Å²) in [5.41, 5.74) is 0. The average molecular weight is 216 g/mol. The van der Waals surface area contributed by atoms with Crippen LogP contribution in [0, 0.1) is 5.92 Å². The molecule has 0 aromatic carbocycles. The molecule has 82 valence electrons. The molecule has 0 spiro atoms. The van der Waals surface area contributed by atoms with E-state index in [1.165, 1.54) is 0 Å². The summed E-state index contributed by atoms with van der Waals surface area (Å²) in [6.45, 7) is 9.76. The molecule has 0 N–H and O–H groups in total. The van der Waals surface area contributed by atoms with Crippen molar-refractivity contribution in [1.82, 2.24) is 0 Å². The molecular weight excluding hydrogens is 196 g/mol. The van der Waals surface area contributed by atoms with Gasteiger partial charge in [-0.25, -0.2) is 4.79 Å². The molecule has 0 aliphatic heterocycles. The van der Waals surface area contributed by atoms with E-state index >= 15 is 0 Å². The van der Waals surface area contributed by atoms with Gasteiger partial charge in [0.2, 0.25) is 0 Å². The Bertz CT molecular complexity index is 199. The van der Waals surface area contributed by atoms with Crippen LogP contribution in [-0.4, -0.2) is 12.1 Å². The zero-order valence-corrected chi connectivity index (χ0v) is 10.1. The predicted molar refractivity (Wildman–Crippen MR) is 62.4 cm³/mol. The van der Waals surface area contributed by atoms with Gasteiger partial charge < -0.3 is 4.74 Å². The van der Waals surface area contributed by atoms with E-state index in [4.69, 9.17) is 4.74 Å². The molecule has 0 heterocycles. The van der Waals surface area contributed by atoms with Crippen LogP contribution in [-0.2, 0) is 9.53 Å². The van der Waals surface area contributed by atoms with Gasteiger partial charge in [0.25, 0.3) is 0 Å². The lowest BCUT2D eigenvalue weighted by Gasteiger charge is -2.16. The first-order valence-electron chi connectivity index (χ1n) is 5.06. The minimum Gasteiger partial charge on any atom is -0.458 e. The Morgan fingerprint density at radius 3 is 2.36 bits per heavy atom. The van der Waals surface area contributed by atoms with Crippen LogP contribution in [0.2, 0.25) is 0 Å². The molecule has 2 nitrogen and oxygen atoms in total. The van der Waals surface area contributed by atoms with Crippen LogP contribution in [0.1, 0.15) is 40.0 Å². The van der Waals surface area contributed by atoms with Gasteiger partial charge in [-0.15, -0.1) is 12.6 Å². The van der Waals surface area contributed by atoms with E-state index in [0.29, 0.717) is 5.92 Å². The van der Waals surface area contributed by atoms with E-state index in [2.05, 4.69) is 33.1 Å². The van der Waals surface area contributed by atoms with Gasteiger partial charge in [-0.2, -0.15) is 0 Å². The van der Waals surface area contributed by atoms with Crippen molar-refractivity contribution in [3.63, 3.8) is 0 Å². The van der Waals surface area contributed by atoms with E-state index in [1.807, 2.05) is 6.92 Å². The zero-order valence-electron chi connectivity index (χ0n) is 9.25. The molecule has 0 amide bonds. The topological polar surface area (TPSA) is 26.3 Å². The van der Waals surface area contributed by atoms with E-state index in [1.54, 1.807) is 0 Å². The Kier molecular flexibility index (Phi) is 6.71. The van der Waals surface area contributed by atoms with Crippen LogP contribution >= 0.6 is 12.6 Å². The van der Waals surface area contributed by atoms with Gasteiger partial charge >= 0.3 is 5.97 Å². The van der Waals surface area contributed by atoms with Gasteiger partial charge in [0.1, 0.15) is 6.10 Å². The highest BCUT2D eigenvalue weighted by Crippen LogP contribution is 2.14. The fourth-order valence-electron chi connectivity index (χ4n) is 1.09. The average Bonchev–Trinajstić information content (AvgIpc) is 2.11. The Morgan fingerprint density at radius 1 is 1.43 bits per heavy atom. The highest BCUT2D eigenvalue weighted by molar-refractivity contribution is 7.85. The molecule has 0 saturated heterocycles. The molecule has 3 heteroatoms. The number of ether oxygens (including phenoxy) is 1. The number of carbonyl (C=O) groups excluding carboxylic acids is 1. The van der Waals surface area contributed by atoms with Gasteiger partial charge in [0.15, 0.2) is 0 Å². The maximum atomic E-state index is 11.2. The van der Waals surface area contributed by atoms with Gasteiger partial charge in [0.05, 0.1) is 4.91 Å². The number of thiol groups is 1. The summed E-state index contributed by atoms with van der Waals surface area (Å²) in [6.07, 6.45) is 2.85. The highest BCUT2D eigenvalue weighted by atomic mass is 32.1. The van der Waals surface area contributed by atoms with E-state index in [9.17, 15) is 4.79 Å². The summed E-state index contributed by atoms with van der Waals surface area (Å²) in [7, 11) is 0. The van der Waals surface area contributed by atoms with Crippen molar-refractivity contribution < 1.29 is 9.53 Å². The first-order chi connectivity index (χ1) is 6.47. The smallest absolute Gasteiger partial charge is 0.343 e. The molecule has 0 fully saturated rings. The lowest BCUT2D eigenvalue weighted by molar-refractivity contribution is -0.143. The summed E-state index contributed by atoms with van der Waals surface area (Å²) < 4.78 is 5.20. The normalized spacial score (nSPS) is 12.6. The monoisotopic (exact) mass is 216 g/mol. The fourth-order valence-corrected chi connectivity index (χ4v) is 1.14. The van der Waals surface area contributed by atoms with Crippen LogP contribution < -0.4 is 0 Å². The van der Waals surface area contributed by atoms with Gasteiger partial charge in [-0.3, -0.25) is 0 Å². The summed E-state index contributed by atoms with van der Waals surface area (Å²) in [6, 6.07) is 0. The van der Waals surface area contributed by atoms with Crippen molar-refractivity contribution in [3.05, 3.63) is 11.5 Å². The SMILES string of the molecule is C=C(S)C(=O)OC(CC)CCC(C)C. The maximum absolute atomic E-state index is 11.2. The molecule has 1 atom stereocenters. The highest BCUT2D eigenvalue weighted by Gasteiger charge is 2.13. The number of hydrogen-bond donors (Lipinski definition) is 1. The third kappa shape index (κ3) is 6.08. The van der Waals surface area contributed by atoms with Gasteiger partial charge in [-0.1, -0.05) is 27.4 Å². The summed E-state index contributed by atoms with van der Waals surface area (Å²) in [4.78, 5) is 11.3. The zero-order chi connectivity index (χ0) is 11.1. The summed E-state index contributed by atoms with van der Waals surface area (Å²) in [5, 5.41) is 0. The Morgan fingerprint density at radius 2 is 2.00 bits per heavy atom.